The van der Waals surface area contributed by atoms with Crippen LogP contribution in [0.2, 0.25) is 0 Å². The third kappa shape index (κ3) is 5.91. The van der Waals surface area contributed by atoms with Gasteiger partial charge in [-0.3, -0.25) is 9.78 Å². The van der Waals surface area contributed by atoms with Crippen molar-refractivity contribution >= 4 is 5.91 Å². The fraction of sp³-hybridized carbons (Fsp3) is 0.333. The maximum atomic E-state index is 12.7. The van der Waals surface area contributed by atoms with Crippen LogP contribution in [0.3, 0.4) is 0 Å². The number of allylic oxidation sites excluding steroid dienone is 1. The van der Waals surface area contributed by atoms with Crippen molar-refractivity contribution in [3.8, 4) is 11.5 Å². The number of benzene rings is 2. The lowest BCUT2D eigenvalue weighted by molar-refractivity contribution is -0.117. The van der Waals surface area contributed by atoms with E-state index in [-0.39, 0.29) is 23.3 Å². The standard InChI is InChI=1S/C30H34N2O3/c1-22(7-4-8-23-15-17-31-18-16-23)32-29(33)14-13-26-21-30(26,24-9-5-11-27(19-24)34-2)25-10-6-12-28(20-25)35-3/h5-6,9-20,22,26H,4,7-8,21H2,1-3H3,(H,32,33)/t22-,26-/m0/s1. The molecule has 1 saturated carbocycles. The van der Waals surface area contributed by atoms with Crippen molar-refractivity contribution in [1.82, 2.24) is 10.3 Å². The average molecular weight is 471 g/mol. The third-order valence-electron chi connectivity index (χ3n) is 6.90. The number of methoxy groups -OCH3 is 2. The van der Waals surface area contributed by atoms with Gasteiger partial charge in [-0.25, -0.2) is 0 Å². The second kappa shape index (κ2) is 11.2. The molecule has 2 aromatic carbocycles. The molecule has 0 saturated heterocycles. The molecule has 182 valence electrons. The molecular weight excluding hydrogens is 436 g/mol. The lowest BCUT2D eigenvalue weighted by Gasteiger charge is -2.20. The van der Waals surface area contributed by atoms with Crippen molar-refractivity contribution < 1.29 is 14.3 Å². The van der Waals surface area contributed by atoms with Gasteiger partial charge in [-0.1, -0.05) is 30.3 Å². The zero-order valence-corrected chi connectivity index (χ0v) is 20.7. The smallest absolute Gasteiger partial charge is 0.243 e. The molecule has 2 atom stereocenters. The highest BCUT2D eigenvalue weighted by molar-refractivity contribution is 5.87. The number of pyridine rings is 1. The van der Waals surface area contributed by atoms with E-state index in [9.17, 15) is 4.79 Å². The fourth-order valence-corrected chi connectivity index (χ4v) is 4.88. The van der Waals surface area contributed by atoms with E-state index >= 15 is 0 Å². The Bertz CT molecular complexity index is 1110. The molecule has 1 heterocycles. The molecule has 1 N–H and O–H groups in total. The molecule has 0 unspecified atom stereocenters. The number of hydrogen-bond donors (Lipinski definition) is 1. The van der Waals surface area contributed by atoms with E-state index in [1.807, 2.05) is 48.8 Å². The molecule has 0 spiro atoms. The van der Waals surface area contributed by atoms with Crippen molar-refractivity contribution in [1.29, 1.82) is 0 Å². The number of carbonyl (C=O) groups is 1. The Morgan fingerprint density at radius 3 is 2.29 bits per heavy atom. The molecule has 1 fully saturated rings. The summed E-state index contributed by atoms with van der Waals surface area (Å²) in [7, 11) is 3.37. The number of aromatic nitrogens is 1. The van der Waals surface area contributed by atoms with Crippen LogP contribution in [0.4, 0.5) is 0 Å². The summed E-state index contributed by atoms with van der Waals surface area (Å²) >= 11 is 0. The van der Waals surface area contributed by atoms with Crippen LogP contribution in [0.25, 0.3) is 0 Å². The van der Waals surface area contributed by atoms with E-state index in [1.54, 1.807) is 20.3 Å². The fourth-order valence-electron chi connectivity index (χ4n) is 4.88. The SMILES string of the molecule is COc1cccc(C2(c3cccc(OC)c3)C[C@@H]2C=CC(=O)N[C@@H](C)CCCc2ccncc2)c1. The van der Waals surface area contributed by atoms with Gasteiger partial charge in [-0.15, -0.1) is 0 Å². The number of nitrogens with one attached hydrogen (secondary N) is 1. The highest BCUT2D eigenvalue weighted by Gasteiger charge is 2.55. The Labute approximate surface area is 208 Å². The van der Waals surface area contributed by atoms with Gasteiger partial charge < -0.3 is 14.8 Å². The zero-order chi connectivity index (χ0) is 24.7. The predicted molar refractivity (Wildman–Crippen MR) is 139 cm³/mol. The van der Waals surface area contributed by atoms with Gasteiger partial charge in [0.15, 0.2) is 0 Å². The topological polar surface area (TPSA) is 60.5 Å². The number of amides is 1. The first-order valence-corrected chi connectivity index (χ1v) is 12.2. The first-order valence-electron chi connectivity index (χ1n) is 12.2. The molecule has 1 aliphatic rings. The minimum atomic E-state index is -0.198. The first-order chi connectivity index (χ1) is 17.0. The summed E-state index contributed by atoms with van der Waals surface area (Å²) in [6.07, 6.45) is 11.3. The summed E-state index contributed by atoms with van der Waals surface area (Å²) in [6.45, 7) is 2.06. The van der Waals surface area contributed by atoms with Gasteiger partial charge in [0.1, 0.15) is 11.5 Å². The largest absolute Gasteiger partial charge is 0.497 e. The number of rotatable bonds is 11. The summed E-state index contributed by atoms with van der Waals surface area (Å²) in [4.78, 5) is 16.7. The quantitative estimate of drug-likeness (QED) is 0.377. The van der Waals surface area contributed by atoms with Crippen LogP contribution in [0, 0.1) is 5.92 Å². The lowest BCUT2D eigenvalue weighted by atomic mass is 9.85. The molecule has 1 amide bonds. The first kappa shape index (κ1) is 24.5. The zero-order valence-electron chi connectivity index (χ0n) is 20.7. The summed E-state index contributed by atoms with van der Waals surface area (Å²) in [5, 5.41) is 3.11. The third-order valence-corrected chi connectivity index (χ3v) is 6.90. The van der Waals surface area contributed by atoms with Crippen LogP contribution in [0.15, 0.2) is 85.2 Å². The highest BCUT2D eigenvalue weighted by atomic mass is 16.5. The summed E-state index contributed by atoms with van der Waals surface area (Å²) < 4.78 is 11.0. The van der Waals surface area contributed by atoms with Crippen molar-refractivity contribution in [2.45, 2.75) is 44.1 Å². The van der Waals surface area contributed by atoms with Crippen LogP contribution in [-0.2, 0) is 16.6 Å². The predicted octanol–water partition coefficient (Wildman–Crippen LogP) is 5.49. The number of aryl methyl sites for hydroxylation is 1. The molecule has 0 radical (unpaired) electrons. The Balaban J connectivity index is 1.41. The van der Waals surface area contributed by atoms with Gasteiger partial charge in [0.05, 0.1) is 14.2 Å². The average Bonchev–Trinajstić information content (AvgIpc) is 3.64. The molecule has 5 nitrogen and oxygen atoms in total. The van der Waals surface area contributed by atoms with Crippen LogP contribution in [0.5, 0.6) is 11.5 Å². The van der Waals surface area contributed by atoms with E-state index < -0.39 is 0 Å². The molecule has 1 aromatic heterocycles. The number of nitrogens with zero attached hydrogens (tertiary/aromatic N) is 1. The van der Waals surface area contributed by atoms with Crippen LogP contribution in [-0.4, -0.2) is 31.2 Å². The van der Waals surface area contributed by atoms with Gasteiger partial charge in [0.25, 0.3) is 0 Å². The Morgan fingerprint density at radius 1 is 1.06 bits per heavy atom. The van der Waals surface area contributed by atoms with Crippen molar-refractivity contribution in [3.63, 3.8) is 0 Å². The summed E-state index contributed by atoms with van der Waals surface area (Å²) in [5.41, 5.74) is 3.45. The second-order valence-electron chi connectivity index (χ2n) is 9.26. The van der Waals surface area contributed by atoms with Crippen molar-refractivity contribution in [2.75, 3.05) is 14.2 Å². The van der Waals surface area contributed by atoms with Crippen LogP contribution < -0.4 is 14.8 Å². The molecule has 35 heavy (non-hydrogen) atoms. The monoisotopic (exact) mass is 470 g/mol. The molecule has 1 aliphatic carbocycles. The maximum Gasteiger partial charge on any atom is 0.243 e. The number of carbonyl (C=O) groups excluding carboxylic acids is 1. The summed E-state index contributed by atoms with van der Waals surface area (Å²) in [5.74, 6) is 1.84. The maximum absolute atomic E-state index is 12.7. The molecule has 0 aliphatic heterocycles. The second-order valence-corrected chi connectivity index (χ2v) is 9.26. The molecule has 4 rings (SSSR count). The van der Waals surface area contributed by atoms with Gasteiger partial charge >= 0.3 is 0 Å². The minimum absolute atomic E-state index is 0.0431. The Hall–Kier alpha value is -3.60. The van der Waals surface area contributed by atoms with E-state index in [4.69, 9.17) is 9.47 Å². The van der Waals surface area contributed by atoms with E-state index in [2.05, 4.69) is 47.6 Å². The minimum Gasteiger partial charge on any atom is -0.497 e. The number of hydrogen-bond acceptors (Lipinski definition) is 4. The van der Waals surface area contributed by atoms with E-state index in [0.29, 0.717) is 0 Å². The number of ether oxygens (including phenoxy) is 2. The van der Waals surface area contributed by atoms with E-state index in [0.717, 1.165) is 37.2 Å². The molecular formula is C30H34N2O3. The van der Waals surface area contributed by atoms with Gasteiger partial charge in [-0.05, 0) is 97.7 Å². The van der Waals surface area contributed by atoms with Gasteiger partial charge in [-0.2, -0.15) is 0 Å². The normalized spacial score (nSPS) is 17.1. The summed E-state index contributed by atoms with van der Waals surface area (Å²) in [6, 6.07) is 20.6. The van der Waals surface area contributed by atoms with Gasteiger partial charge in [0, 0.05) is 23.9 Å². The molecule has 3 aromatic rings. The molecule has 0 bridgehead atoms. The highest BCUT2D eigenvalue weighted by Crippen LogP contribution is 2.60. The van der Waals surface area contributed by atoms with Crippen LogP contribution >= 0.6 is 0 Å². The van der Waals surface area contributed by atoms with E-state index in [1.165, 1.54) is 16.7 Å². The van der Waals surface area contributed by atoms with Crippen LogP contribution in [0.1, 0.15) is 42.9 Å². The lowest BCUT2D eigenvalue weighted by Crippen LogP contribution is -2.31. The molecule has 5 heteroatoms. The van der Waals surface area contributed by atoms with Crippen molar-refractivity contribution in [2.24, 2.45) is 5.92 Å². The van der Waals surface area contributed by atoms with Gasteiger partial charge in [0.2, 0.25) is 5.91 Å². The van der Waals surface area contributed by atoms with Crippen molar-refractivity contribution in [3.05, 3.63) is 102 Å². The Morgan fingerprint density at radius 2 is 1.69 bits per heavy atom. The Kier molecular flexibility index (Phi) is 7.86.